The molecule has 138 valence electrons. The second-order valence-electron chi connectivity index (χ2n) is 5.23. The molecule has 9 heteroatoms. The number of aliphatic hydroxyl groups excluding tert-OH is 1. The summed E-state index contributed by atoms with van der Waals surface area (Å²) >= 11 is 0. The summed E-state index contributed by atoms with van der Waals surface area (Å²) in [5, 5.41) is 9.63. The smallest absolute Gasteiger partial charge is 0.267 e. The molecule has 1 unspecified atom stereocenters. The van der Waals surface area contributed by atoms with E-state index in [1.165, 1.54) is 12.1 Å². The van der Waals surface area contributed by atoms with Crippen molar-refractivity contribution in [2.24, 2.45) is 0 Å². The lowest BCUT2D eigenvalue weighted by molar-refractivity contribution is 0.187. The van der Waals surface area contributed by atoms with Crippen LogP contribution in [0, 0.1) is 5.82 Å². The normalized spacial score (nSPS) is 12.8. The lowest BCUT2D eigenvalue weighted by Crippen LogP contribution is -2.27. The Labute approximate surface area is 141 Å². The highest BCUT2D eigenvalue weighted by molar-refractivity contribution is 7.85. The lowest BCUT2D eigenvalue weighted by atomic mass is 10.2. The molecule has 2 N–H and O–H groups in total. The number of aliphatic hydroxyl groups is 1. The van der Waals surface area contributed by atoms with Gasteiger partial charge in [0.05, 0.1) is 19.3 Å². The van der Waals surface area contributed by atoms with Crippen LogP contribution in [0.3, 0.4) is 0 Å². The average Bonchev–Trinajstić information content (AvgIpc) is 2.47. The van der Waals surface area contributed by atoms with Crippen molar-refractivity contribution in [2.45, 2.75) is 26.4 Å². The van der Waals surface area contributed by atoms with Crippen LogP contribution in [0.15, 0.2) is 12.1 Å². The van der Waals surface area contributed by atoms with Crippen LogP contribution < -0.4 is 14.4 Å². The molecular formula is C15H24FNO6S. The Kier molecular flexibility index (Phi) is 7.71. The van der Waals surface area contributed by atoms with Gasteiger partial charge in [0.1, 0.15) is 5.75 Å². The number of nitrogens with zero attached hydrogens (tertiary/aromatic N) is 1. The molecule has 1 atom stereocenters. The van der Waals surface area contributed by atoms with E-state index in [0.29, 0.717) is 25.4 Å². The maximum atomic E-state index is 14.2. The summed E-state index contributed by atoms with van der Waals surface area (Å²) in [6.45, 7) is 4.36. The highest BCUT2D eigenvalue weighted by Gasteiger charge is 2.17. The summed E-state index contributed by atoms with van der Waals surface area (Å²) in [5.41, 5.74) is 0.599. The third kappa shape index (κ3) is 6.50. The second-order valence-corrected chi connectivity index (χ2v) is 6.73. The van der Waals surface area contributed by atoms with Crippen molar-refractivity contribution in [1.29, 1.82) is 0 Å². The Morgan fingerprint density at radius 2 is 1.71 bits per heavy atom. The van der Waals surface area contributed by atoms with Gasteiger partial charge in [-0.15, -0.1) is 0 Å². The monoisotopic (exact) mass is 365 g/mol. The first-order chi connectivity index (χ1) is 11.2. The van der Waals surface area contributed by atoms with Gasteiger partial charge in [0.25, 0.3) is 10.1 Å². The van der Waals surface area contributed by atoms with Crippen LogP contribution in [0.5, 0.6) is 11.5 Å². The van der Waals surface area contributed by atoms with Gasteiger partial charge in [0.15, 0.2) is 11.5 Å². The molecule has 0 radical (unpaired) electrons. The van der Waals surface area contributed by atoms with Crippen LogP contribution in [-0.4, -0.2) is 56.7 Å². The molecular weight excluding hydrogens is 341 g/mol. The maximum Gasteiger partial charge on any atom is 0.267 e. The molecule has 0 spiro atoms. The van der Waals surface area contributed by atoms with E-state index in [4.69, 9.17) is 14.0 Å². The van der Waals surface area contributed by atoms with E-state index in [0.717, 1.165) is 0 Å². The molecule has 0 fully saturated rings. The van der Waals surface area contributed by atoms with Gasteiger partial charge in [0, 0.05) is 31.4 Å². The molecule has 1 aromatic rings. The van der Waals surface area contributed by atoms with E-state index in [2.05, 4.69) is 0 Å². The zero-order chi connectivity index (χ0) is 18.3. The quantitative estimate of drug-likeness (QED) is 0.609. The maximum absolute atomic E-state index is 14.2. The van der Waals surface area contributed by atoms with Crippen LogP contribution in [0.4, 0.5) is 10.1 Å². The number of rotatable bonds is 10. The van der Waals surface area contributed by atoms with Crippen molar-refractivity contribution in [2.75, 3.05) is 37.5 Å². The molecule has 0 saturated carbocycles. The fourth-order valence-corrected chi connectivity index (χ4v) is 2.75. The molecule has 24 heavy (non-hydrogen) atoms. The predicted octanol–water partition coefficient (Wildman–Crippen LogP) is 1.70. The van der Waals surface area contributed by atoms with Crippen molar-refractivity contribution in [3.63, 3.8) is 0 Å². The van der Waals surface area contributed by atoms with Crippen LogP contribution >= 0.6 is 0 Å². The first-order valence-electron chi connectivity index (χ1n) is 7.61. The predicted molar refractivity (Wildman–Crippen MR) is 89.0 cm³/mol. The zero-order valence-electron chi connectivity index (χ0n) is 14.0. The van der Waals surface area contributed by atoms with Crippen molar-refractivity contribution in [3.05, 3.63) is 17.9 Å². The molecule has 0 bridgehead atoms. The third-order valence-corrected chi connectivity index (χ3v) is 4.04. The van der Waals surface area contributed by atoms with Crippen molar-refractivity contribution < 1.29 is 31.9 Å². The van der Waals surface area contributed by atoms with E-state index in [1.54, 1.807) is 25.8 Å². The van der Waals surface area contributed by atoms with E-state index in [1.807, 2.05) is 0 Å². The number of hydrogen-bond acceptors (Lipinski definition) is 6. The minimum atomic E-state index is -4.23. The summed E-state index contributed by atoms with van der Waals surface area (Å²) in [5.74, 6) is -1.19. The molecule has 0 aromatic heterocycles. The fraction of sp³-hybridized carbons (Fsp3) is 0.600. The largest absolute Gasteiger partial charge is 0.491 e. The number of benzene rings is 1. The highest BCUT2D eigenvalue weighted by Crippen LogP contribution is 2.33. The third-order valence-electron chi connectivity index (χ3n) is 3.23. The number of ether oxygens (including phenoxy) is 2. The van der Waals surface area contributed by atoms with E-state index in [-0.39, 0.29) is 17.9 Å². The molecule has 1 rings (SSSR count). The SMILES string of the molecule is CCOc1cc(N(C)CCC(O)CS(=O)(=O)O)cc(OCC)c1F. The molecule has 0 aliphatic rings. The van der Waals surface area contributed by atoms with Gasteiger partial charge in [-0.05, 0) is 20.3 Å². The summed E-state index contributed by atoms with van der Waals surface area (Å²) in [4.78, 5) is 1.71. The topological polar surface area (TPSA) is 96.3 Å². The molecule has 0 amide bonds. The van der Waals surface area contributed by atoms with Gasteiger partial charge in [0.2, 0.25) is 5.82 Å². The summed E-state index contributed by atoms with van der Waals surface area (Å²) in [6.07, 6.45) is -1.08. The Hall–Kier alpha value is -1.58. The minimum Gasteiger partial charge on any atom is -0.491 e. The molecule has 0 heterocycles. The molecule has 7 nitrogen and oxygen atoms in total. The zero-order valence-corrected chi connectivity index (χ0v) is 14.8. The van der Waals surface area contributed by atoms with Gasteiger partial charge in [-0.1, -0.05) is 0 Å². The van der Waals surface area contributed by atoms with Gasteiger partial charge in [-0.25, -0.2) is 0 Å². The van der Waals surface area contributed by atoms with Gasteiger partial charge in [-0.2, -0.15) is 12.8 Å². The van der Waals surface area contributed by atoms with Crippen molar-refractivity contribution in [1.82, 2.24) is 0 Å². The number of halogens is 1. The van der Waals surface area contributed by atoms with Gasteiger partial charge >= 0.3 is 0 Å². The number of hydrogen-bond donors (Lipinski definition) is 2. The number of anilines is 1. The van der Waals surface area contributed by atoms with Crippen molar-refractivity contribution in [3.8, 4) is 11.5 Å². The van der Waals surface area contributed by atoms with E-state index >= 15 is 0 Å². The Morgan fingerprint density at radius 3 is 2.12 bits per heavy atom. The van der Waals surface area contributed by atoms with E-state index in [9.17, 15) is 17.9 Å². The van der Waals surface area contributed by atoms with Crippen LogP contribution in [0.1, 0.15) is 20.3 Å². The first-order valence-corrected chi connectivity index (χ1v) is 9.22. The van der Waals surface area contributed by atoms with E-state index < -0.39 is 27.8 Å². The highest BCUT2D eigenvalue weighted by atomic mass is 32.2. The van der Waals surface area contributed by atoms with Crippen LogP contribution in [0.2, 0.25) is 0 Å². The standard InChI is InChI=1S/C15H24FNO6S/c1-4-22-13-8-11(9-14(15(13)16)23-5-2)17(3)7-6-12(18)10-24(19,20)21/h8-9,12,18H,4-7,10H2,1-3H3,(H,19,20,21). The molecule has 0 aliphatic carbocycles. The fourth-order valence-electron chi connectivity index (χ4n) is 2.10. The average molecular weight is 365 g/mol. The first kappa shape index (κ1) is 20.5. The Morgan fingerprint density at radius 1 is 1.21 bits per heavy atom. The lowest BCUT2D eigenvalue weighted by Gasteiger charge is -2.22. The molecule has 0 aliphatic heterocycles. The molecule has 0 saturated heterocycles. The Bertz CT molecular complexity index is 610. The summed E-state index contributed by atoms with van der Waals surface area (Å²) < 4.78 is 54.9. The summed E-state index contributed by atoms with van der Waals surface area (Å²) in [7, 11) is -2.52. The second kappa shape index (κ2) is 9.05. The van der Waals surface area contributed by atoms with Crippen molar-refractivity contribution >= 4 is 15.8 Å². The minimum absolute atomic E-state index is 0.0591. The van der Waals surface area contributed by atoms with Gasteiger partial charge < -0.3 is 19.5 Å². The van der Waals surface area contributed by atoms with Crippen LogP contribution in [-0.2, 0) is 10.1 Å². The van der Waals surface area contributed by atoms with Gasteiger partial charge in [-0.3, -0.25) is 4.55 Å². The van der Waals surface area contributed by atoms with Crippen LogP contribution in [0.25, 0.3) is 0 Å². The molecule has 1 aromatic carbocycles. The summed E-state index contributed by atoms with van der Waals surface area (Å²) in [6, 6.07) is 3.02. The Balaban J connectivity index is 2.87.